The molecule has 1 aromatic carbocycles. The number of rotatable bonds is 6. The highest BCUT2D eigenvalue weighted by molar-refractivity contribution is 6.15. The topological polar surface area (TPSA) is 74.1 Å². The number of nitrogens with one attached hydrogen (secondary N) is 2. The number of aliphatic imine (C=N–C) groups is 2. The van der Waals surface area contributed by atoms with Gasteiger partial charge in [-0.25, -0.2) is 4.99 Å². The summed E-state index contributed by atoms with van der Waals surface area (Å²) in [6.45, 7) is 4.72. The molecular formula is C24H32N6O. The van der Waals surface area contributed by atoms with Gasteiger partial charge in [0.25, 0.3) is 0 Å². The van der Waals surface area contributed by atoms with Gasteiger partial charge in [-0.2, -0.15) is 0 Å². The van der Waals surface area contributed by atoms with Crippen LogP contribution < -0.4 is 15.4 Å². The fourth-order valence-electron chi connectivity index (χ4n) is 4.06. The molecule has 2 N–H and O–H groups in total. The van der Waals surface area contributed by atoms with Crippen molar-refractivity contribution in [1.29, 1.82) is 0 Å². The van der Waals surface area contributed by atoms with Crippen LogP contribution in [0.2, 0.25) is 0 Å². The third kappa shape index (κ3) is 5.05. The van der Waals surface area contributed by atoms with Crippen molar-refractivity contribution in [3.63, 3.8) is 0 Å². The van der Waals surface area contributed by atoms with Gasteiger partial charge in [0.2, 0.25) is 5.96 Å². The zero-order valence-corrected chi connectivity index (χ0v) is 18.9. The summed E-state index contributed by atoms with van der Waals surface area (Å²) in [7, 11) is 5.90. The number of anilines is 2. The molecule has 1 aromatic heterocycles. The van der Waals surface area contributed by atoms with Crippen molar-refractivity contribution in [1.82, 2.24) is 9.88 Å². The molecule has 0 radical (unpaired) electrons. The van der Waals surface area contributed by atoms with Crippen LogP contribution in [0.5, 0.6) is 5.75 Å². The summed E-state index contributed by atoms with van der Waals surface area (Å²) >= 11 is 0. The zero-order chi connectivity index (χ0) is 21.8. The summed E-state index contributed by atoms with van der Waals surface area (Å²) in [6.07, 6.45) is 5.09. The van der Waals surface area contributed by atoms with Crippen molar-refractivity contribution in [2.45, 2.75) is 26.2 Å². The molecule has 0 fully saturated rings. The van der Waals surface area contributed by atoms with Crippen LogP contribution in [-0.2, 0) is 6.42 Å². The largest absolute Gasteiger partial charge is 0.497 e. The van der Waals surface area contributed by atoms with E-state index in [0.717, 1.165) is 73.0 Å². The Morgan fingerprint density at radius 2 is 2.13 bits per heavy atom. The molecule has 0 bridgehead atoms. The van der Waals surface area contributed by atoms with Crippen LogP contribution in [-0.4, -0.2) is 62.4 Å². The van der Waals surface area contributed by atoms with E-state index < -0.39 is 0 Å². The molecule has 0 saturated heterocycles. The van der Waals surface area contributed by atoms with Gasteiger partial charge in [-0.15, -0.1) is 0 Å². The molecule has 2 aliphatic rings. The van der Waals surface area contributed by atoms with E-state index in [1.807, 2.05) is 25.3 Å². The Hall–Kier alpha value is -2.93. The predicted octanol–water partition coefficient (Wildman–Crippen LogP) is 3.60. The van der Waals surface area contributed by atoms with Crippen LogP contribution in [0, 0.1) is 12.8 Å². The number of aryl methyl sites for hydroxylation is 2. The Morgan fingerprint density at radius 1 is 1.26 bits per heavy atom. The van der Waals surface area contributed by atoms with E-state index >= 15 is 0 Å². The SMILES string of the molecule is COc1ccc2c(c1)NCCC1CN=C(Nc3cc(CCCN(C)C)cnc3C)N=C21. The van der Waals surface area contributed by atoms with Gasteiger partial charge in [0.1, 0.15) is 5.75 Å². The normalized spacial score (nSPS) is 17.6. The highest BCUT2D eigenvalue weighted by Crippen LogP contribution is 2.31. The summed E-state index contributed by atoms with van der Waals surface area (Å²) in [6, 6.07) is 8.32. The van der Waals surface area contributed by atoms with Crippen LogP contribution in [0.15, 0.2) is 40.4 Å². The molecule has 0 amide bonds. The quantitative estimate of drug-likeness (QED) is 0.747. The van der Waals surface area contributed by atoms with Crippen LogP contribution in [0.4, 0.5) is 11.4 Å². The van der Waals surface area contributed by atoms with E-state index in [0.29, 0.717) is 11.9 Å². The minimum Gasteiger partial charge on any atom is -0.497 e. The number of methoxy groups -OCH3 is 1. The second-order valence-electron chi connectivity index (χ2n) is 8.49. The van der Waals surface area contributed by atoms with Gasteiger partial charge in [-0.05, 0) is 70.6 Å². The van der Waals surface area contributed by atoms with E-state index in [1.54, 1.807) is 7.11 Å². The van der Waals surface area contributed by atoms with Crippen molar-refractivity contribution in [2.75, 3.05) is 51.5 Å². The Bertz CT molecular complexity index is 998. The van der Waals surface area contributed by atoms with Gasteiger partial charge >= 0.3 is 0 Å². The summed E-state index contributed by atoms with van der Waals surface area (Å²) in [4.78, 5) is 16.5. The van der Waals surface area contributed by atoms with E-state index in [2.05, 4.69) is 46.7 Å². The van der Waals surface area contributed by atoms with Crippen molar-refractivity contribution in [3.05, 3.63) is 47.3 Å². The lowest BCUT2D eigenvalue weighted by molar-refractivity contribution is 0.400. The second kappa shape index (κ2) is 9.47. The first-order chi connectivity index (χ1) is 15.0. The van der Waals surface area contributed by atoms with Crippen LogP contribution in [0.25, 0.3) is 0 Å². The van der Waals surface area contributed by atoms with Crippen LogP contribution in [0.1, 0.15) is 29.7 Å². The molecular weight excluding hydrogens is 388 g/mol. The summed E-state index contributed by atoms with van der Waals surface area (Å²) < 4.78 is 5.40. The Kier molecular flexibility index (Phi) is 6.51. The fraction of sp³-hybridized carbons (Fsp3) is 0.458. The Morgan fingerprint density at radius 3 is 2.94 bits per heavy atom. The molecule has 0 spiro atoms. The lowest BCUT2D eigenvalue weighted by atomic mass is 9.93. The number of nitrogens with zero attached hydrogens (tertiary/aromatic N) is 4. The number of guanidine groups is 1. The van der Waals surface area contributed by atoms with Gasteiger partial charge in [-0.1, -0.05) is 0 Å². The predicted molar refractivity (Wildman–Crippen MR) is 128 cm³/mol. The number of benzene rings is 1. The van der Waals surface area contributed by atoms with Gasteiger partial charge < -0.3 is 20.3 Å². The van der Waals surface area contributed by atoms with E-state index in [1.165, 1.54) is 5.56 Å². The van der Waals surface area contributed by atoms with Crippen molar-refractivity contribution in [2.24, 2.45) is 15.9 Å². The molecule has 164 valence electrons. The van der Waals surface area contributed by atoms with Gasteiger partial charge in [-0.3, -0.25) is 9.98 Å². The third-order valence-electron chi connectivity index (χ3n) is 5.85. The maximum Gasteiger partial charge on any atom is 0.222 e. The molecule has 2 aromatic rings. The average Bonchev–Trinajstić information content (AvgIpc) is 2.94. The molecule has 3 heterocycles. The molecule has 1 unspecified atom stereocenters. The molecule has 4 rings (SSSR count). The zero-order valence-electron chi connectivity index (χ0n) is 18.9. The molecule has 0 saturated carbocycles. The minimum absolute atomic E-state index is 0.323. The highest BCUT2D eigenvalue weighted by Gasteiger charge is 2.27. The number of hydrogen-bond acceptors (Lipinski definition) is 7. The fourth-order valence-corrected chi connectivity index (χ4v) is 4.06. The number of pyridine rings is 1. The van der Waals surface area contributed by atoms with E-state index in [9.17, 15) is 0 Å². The van der Waals surface area contributed by atoms with Crippen molar-refractivity contribution >= 4 is 23.0 Å². The smallest absolute Gasteiger partial charge is 0.222 e. The lowest BCUT2D eigenvalue weighted by Crippen LogP contribution is -2.27. The molecule has 1 atom stereocenters. The van der Waals surface area contributed by atoms with Crippen LogP contribution in [0.3, 0.4) is 0 Å². The third-order valence-corrected chi connectivity index (χ3v) is 5.85. The summed E-state index contributed by atoms with van der Waals surface area (Å²) in [5, 5.41) is 6.96. The number of hydrogen-bond donors (Lipinski definition) is 2. The first-order valence-electron chi connectivity index (χ1n) is 11.0. The summed E-state index contributed by atoms with van der Waals surface area (Å²) in [5.41, 5.74) is 6.45. The van der Waals surface area contributed by atoms with Crippen molar-refractivity contribution < 1.29 is 4.74 Å². The average molecular weight is 421 g/mol. The minimum atomic E-state index is 0.323. The monoisotopic (exact) mass is 420 g/mol. The van der Waals surface area contributed by atoms with Gasteiger partial charge in [0.05, 0.1) is 30.7 Å². The second-order valence-corrected chi connectivity index (χ2v) is 8.49. The van der Waals surface area contributed by atoms with Gasteiger partial charge in [0.15, 0.2) is 0 Å². The standard InChI is InChI=1S/C24H32N6O/c1-16-21(12-17(14-26-16)6-5-11-30(2)3)28-24-27-15-18-9-10-25-22-13-19(31-4)7-8-20(22)23(18)29-24/h7-8,12-14,18,25H,5-6,9-11,15H2,1-4H3,(H,27,28). The highest BCUT2D eigenvalue weighted by atomic mass is 16.5. The van der Waals surface area contributed by atoms with E-state index in [4.69, 9.17) is 14.7 Å². The van der Waals surface area contributed by atoms with E-state index in [-0.39, 0.29) is 0 Å². The number of fused-ring (bicyclic) bond motifs is 3. The maximum atomic E-state index is 5.40. The number of ether oxygens (including phenoxy) is 1. The molecule has 7 nitrogen and oxygen atoms in total. The molecule has 0 aliphatic carbocycles. The first kappa shape index (κ1) is 21.3. The summed E-state index contributed by atoms with van der Waals surface area (Å²) in [5.74, 6) is 1.83. The molecule has 31 heavy (non-hydrogen) atoms. The first-order valence-corrected chi connectivity index (χ1v) is 11.0. The Labute approximate surface area is 184 Å². The molecule has 7 heteroatoms. The van der Waals surface area contributed by atoms with Crippen LogP contribution >= 0.6 is 0 Å². The molecule has 2 aliphatic heterocycles. The Balaban J connectivity index is 1.56. The number of aromatic nitrogens is 1. The lowest BCUT2D eigenvalue weighted by Gasteiger charge is -2.21. The van der Waals surface area contributed by atoms with Crippen molar-refractivity contribution in [3.8, 4) is 5.75 Å². The van der Waals surface area contributed by atoms with Gasteiger partial charge in [0, 0.05) is 36.0 Å². The maximum absolute atomic E-state index is 5.40.